The molecule has 21 heavy (non-hydrogen) atoms. The maximum atomic E-state index is 12.0. The van der Waals surface area contributed by atoms with E-state index in [1.54, 1.807) is 12.3 Å². The van der Waals surface area contributed by atoms with Crippen molar-refractivity contribution in [3.05, 3.63) is 53.7 Å². The standard InChI is InChI=1S/C17H19N3O/c1-3-18-17(21)14-8-9-19-16(11-14)20-12(2)10-13-6-4-5-7-15(13)20/h4-9,11-12H,3,10H2,1-2H3,(H,18,21). The van der Waals surface area contributed by atoms with E-state index in [0.717, 1.165) is 12.2 Å². The SMILES string of the molecule is CCNC(=O)c1ccnc(N2c3ccccc3CC2C)c1. The first-order valence-electron chi connectivity index (χ1n) is 7.32. The molecule has 1 aromatic heterocycles. The maximum absolute atomic E-state index is 12.0. The Kier molecular flexibility index (Phi) is 3.60. The van der Waals surface area contributed by atoms with Gasteiger partial charge in [-0.15, -0.1) is 0 Å². The number of rotatable bonds is 3. The molecule has 0 spiro atoms. The van der Waals surface area contributed by atoms with E-state index in [-0.39, 0.29) is 5.91 Å². The van der Waals surface area contributed by atoms with Gasteiger partial charge < -0.3 is 10.2 Å². The fourth-order valence-corrected chi connectivity index (χ4v) is 2.87. The van der Waals surface area contributed by atoms with E-state index in [0.29, 0.717) is 18.2 Å². The number of nitrogens with one attached hydrogen (secondary N) is 1. The molecule has 1 aliphatic heterocycles. The van der Waals surface area contributed by atoms with Gasteiger partial charge in [0.05, 0.1) is 0 Å². The van der Waals surface area contributed by atoms with E-state index in [9.17, 15) is 4.79 Å². The lowest BCUT2D eigenvalue weighted by molar-refractivity contribution is 0.0955. The van der Waals surface area contributed by atoms with Gasteiger partial charge in [0.15, 0.2) is 0 Å². The second kappa shape index (κ2) is 5.56. The van der Waals surface area contributed by atoms with Gasteiger partial charge >= 0.3 is 0 Å². The third kappa shape index (κ3) is 2.49. The maximum Gasteiger partial charge on any atom is 0.251 e. The molecule has 1 aliphatic rings. The lowest BCUT2D eigenvalue weighted by atomic mass is 10.1. The summed E-state index contributed by atoms with van der Waals surface area (Å²) in [5, 5.41) is 2.82. The Hall–Kier alpha value is -2.36. The highest BCUT2D eigenvalue weighted by Crippen LogP contribution is 2.37. The number of para-hydroxylation sites is 1. The predicted octanol–water partition coefficient (Wildman–Crippen LogP) is 2.91. The predicted molar refractivity (Wildman–Crippen MR) is 84.0 cm³/mol. The van der Waals surface area contributed by atoms with E-state index in [4.69, 9.17) is 0 Å². The van der Waals surface area contributed by atoms with E-state index in [1.165, 1.54) is 11.3 Å². The van der Waals surface area contributed by atoms with Gasteiger partial charge in [0.1, 0.15) is 5.82 Å². The van der Waals surface area contributed by atoms with Gasteiger partial charge in [0, 0.05) is 30.0 Å². The van der Waals surface area contributed by atoms with Gasteiger partial charge in [-0.05, 0) is 44.0 Å². The normalized spacial score (nSPS) is 16.7. The molecule has 1 amide bonds. The Labute approximate surface area is 124 Å². The molecule has 2 heterocycles. The molecule has 1 unspecified atom stereocenters. The van der Waals surface area contributed by atoms with E-state index in [2.05, 4.69) is 40.3 Å². The van der Waals surface area contributed by atoms with Crippen molar-refractivity contribution in [3.63, 3.8) is 0 Å². The second-order valence-corrected chi connectivity index (χ2v) is 5.31. The Morgan fingerprint density at radius 2 is 2.19 bits per heavy atom. The van der Waals surface area contributed by atoms with Crippen LogP contribution >= 0.6 is 0 Å². The smallest absolute Gasteiger partial charge is 0.251 e. The summed E-state index contributed by atoms with van der Waals surface area (Å²) < 4.78 is 0. The summed E-state index contributed by atoms with van der Waals surface area (Å²) >= 11 is 0. The molecule has 0 saturated heterocycles. The van der Waals surface area contributed by atoms with Gasteiger partial charge in [-0.3, -0.25) is 4.79 Å². The first-order valence-corrected chi connectivity index (χ1v) is 7.32. The highest BCUT2D eigenvalue weighted by atomic mass is 16.1. The third-order valence-electron chi connectivity index (χ3n) is 3.80. The minimum Gasteiger partial charge on any atom is -0.352 e. The quantitative estimate of drug-likeness (QED) is 0.941. The lowest BCUT2D eigenvalue weighted by Gasteiger charge is -2.24. The minimum absolute atomic E-state index is 0.0544. The van der Waals surface area contributed by atoms with E-state index < -0.39 is 0 Å². The molecular weight excluding hydrogens is 262 g/mol. The first-order chi connectivity index (χ1) is 10.2. The van der Waals surface area contributed by atoms with Crippen LogP contribution in [0.25, 0.3) is 0 Å². The van der Waals surface area contributed by atoms with Crippen LogP contribution < -0.4 is 10.2 Å². The average molecular weight is 281 g/mol. The second-order valence-electron chi connectivity index (χ2n) is 5.31. The van der Waals surface area contributed by atoms with E-state index >= 15 is 0 Å². The van der Waals surface area contributed by atoms with Crippen LogP contribution in [-0.4, -0.2) is 23.5 Å². The zero-order valence-corrected chi connectivity index (χ0v) is 12.3. The molecule has 0 bridgehead atoms. The first kappa shape index (κ1) is 13.6. The third-order valence-corrected chi connectivity index (χ3v) is 3.80. The van der Waals surface area contributed by atoms with Crippen molar-refractivity contribution in [3.8, 4) is 0 Å². The number of nitrogens with zero attached hydrogens (tertiary/aromatic N) is 2. The molecule has 0 radical (unpaired) electrons. The molecule has 2 aromatic rings. The van der Waals surface area contributed by atoms with Crippen molar-refractivity contribution in [1.82, 2.24) is 10.3 Å². The Morgan fingerprint density at radius 1 is 1.38 bits per heavy atom. The van der Waals surface area contributed by atoms with Crippen LogP contribution in [0.3, 0.4) is 0 Å². The van der Waals surface area contributed by atoms with Crippen LogP contribution in [0.4, 0.5) is 11.5 Å². The van der Waals surface area contributed by atoms with Crippen LogP contribution in [0.2, 0.25) is 0 Å². The van der Waals surface area contributed by atoms with Gasteiger partial charge in [-0.25, -0.2) is 4.98 Å². The summed E-state index contributed by atoms with van der Waals surface area (Å²) in [6.45, 7) is 4.72. The molecule has 1 atom stereocenters. The van der Waals surface area contributed by atoms with Crippen molar-refractivity contribution >= 4 is 17.4 Å². The molecule has 4 nitrogen and oxygen atoms in total. The van der Waals surface area contributed by atoms with Crippen molar-refractivity contribution in [2.24, 2.45) is 0 Å². The van der Waals surface area contributed by atoms with Crippen molar-refractivity contribution in [2.45, 2.75) is 26.3 Å². The Balaban J connectivity index is 1.97. The molecule has 3 rings (SSSR count). The highest BCUT2D eigenvalue weighted by molar-refractivity contribution is 5.95. The fraction of sp³-hybridized carbons (Fsp3) is 0.294. The number of pyridine rings is 1. The van der Waals surface area contributed by atoms with Gasteiger partial charge in [-0.1, -0.05) is 18.2 Å². The number of aromatic nitrogens is 1. The number of carbonyl (C=O) groups is 1. The number of anilines is 2. The van der Waals surface area contributed by atoms with Crippen LogP contribution in [0.1, 0.15) is 29.8 Å². The summed E-state index contributed by atoms with van der Waals surface area (Å²) in [5.74, 6) is 0.775. The highest BCUT2D eigenvalue weighted by Gasteiger charge is 2.27. The van der Waals surface area contributed by atoms with Crippen LogP contribution in [-0.2, 0) is 6.42 Å². The van der Waals surface area contributed by atoms with Gasteiger partial charge in [0.2, 0.25) is 0 Å². The fourth-order valence-electron chi connectivity index (χ4n) is 2.87. The Morgan fingerprint density at radius 3 is 3.00 bits per heavy atom. The topological polar surface area (TPSA) is 45.2 Å². The molecule has 1 aromatic carbocycles. The number of benzene rings is 1. The van der Waals surface area contributed by atoms with Gasteiger partial charge in [-0.2, -0.15) is 0 Å². The summed E-state index contributed by atoms with van der Waals surface area (Å²) in [7, 11) is 0. The number of carbonyl (C=O) groups excluding carboxylic acids is 1. The average Bonchev–Trinajstić information content (AvgIpc) is 2.83. The molecule has 4 heteroatoms. The van der Waals surface area contributed by atoms with Crippen molar-refractivity contribution in [1.29, 1.82) is 0 Å². The Bertz CT molecular complexity index is 669. The largest absolute Gasteiger partial charge is 0.352 e. The molecule has 0 aliphatic carbocycles. The van der Waals surface area contributed by atoms with Crippen LogP contribution in [0.5, 0.6) is 0 Å². The molecule has 108 valence electrons. The van der Waals surface area contributed by atoms with Crippen molar-refractivity contribution in [2.75, 3.05) is 11.4 Å². The number of fused-ring (bicyclic) bond motifs is 1. The van der Waals surface area contributed by atoms with Crippen LogP contribution in [0, 0.1) is 0 Å². The van der Waals surface area contributed by atoms with E-state index in [1.807, 2.05) is 19.1 Å². The molecular formula is C17H19N3O. The lowest BCUT2D eigenvalue weighted by Crippen LogP contribution is -2.26. The molecule has 0 fully saturated rings. The summed E-state index contributed by atoms with van der Waals surface area (Å²) in [5.41, 5.74) is 3.17. The number of hydrogen-bond donors (Lipinski definition) is 1. The van der Waals surface area contributed by atoms with Crippen molar-refractivity contribution < 1.29 is 4.79 Å². The summed E-state index contributed by atoms with van der Waals surface area (Å²) in [6.07, 6.45) is 2.71. The monoisotopic (exact) mass is 281 g/mol. The summed E-state index contributed by atoms with van der Waals surface area (Å²) in [6, 6.07) is 12.3. The van der Waals surface area contributed by atoms with Gasteiger partial charge in [0.25, 0.3) is 5.91 Å². The molecule has 1 N–H and O–H groups in total. The summed E-state index contributed by atoms with van der Waals surface area (Å²) in [4.78, 5) is 18.6. The number of amides is 1. The molecule has 0 saturated carbocycles. The van der Waals surface area contributed by atoms with Crippen LogP contribution in [0.15, 0.2) is 42.6 Å². The zero-order valence-electron chi connectivity index (χ0n) is 12.3. The number of hydrogen-bond acceptors (Lipinski definition) is 3. The zero-order chi connectivity index (χ0) is 14.8. The minimum atomic E-state index is -0.0544.